The van der Waals surface area contributed by atoms with Gasteiger partial charge in [-0.2, -0.15) is 0 Å². The van der Waals surface area contributed by atoms with Crippen molar-refractivity contribution in [3.05, 3.63) is 69.9 Å². The SMILES string of the molecule is NC(=O)c1ccc2[nH]c(CN3CCC[C@H]3c3ccco3)cc(=O)c2c1. The number of pyridine rings is 1. The minimum atomic E-state index is -0.538. The average molecular weight is 337 g/mol. The first-order chi connectivity index (χ1) is 12.1. The van der Waals surface area contributed by atoms with E-state index in [9.17, 15) is 9.59 Å². The summed E-state index contributed by atoms with van der Waals surface area (Å²) < 4.78 is 5.56. The summed E-state index contributed by atoms with van der Waals surface area (Å²) in [5.41, 5.74) is 7.07. The van der Waals surface area contributed by atoms with Crippen molar-refractivity contribution in [2.75, 3.05) is 6.54 Å². The van der Waals surface area contributed by atoms with Gasteiger partial charge in [0.2, 0.25) is 5.91 Å². The molecule has 2 aromatic heterocycles. The lowest BCUT2D eigenvalue weighted by molar-refractivity contribution is 0.100. The monoisotopic (exact) mass is 337 g/mol. The van der Waals surface area contributed by atoms with Gasteiger partial charge in [0.25, 0.3) is 0 Å². The Morgan fingerprint density at radius 1 is 1.32 bits per heavy atom. The molecule has 1 amide bonds. The van der Waals surface area contributed by atoms with Crippen LogP contribution in [0.15, 0.2) is 51.9 Å². The van der Waals surface area contributed by atoms with Gasteiger partial charge < -0.3 is 15.1 Å². The van der Waals surface area contributed by atoms with E-state index in [1.54, 1.807) is 30.5 Å². The Bertz CT molecular complexity index is 975. The third kappa shape index (κ3) is 2.96. The maximum Gasteiger partial charge on any atom is 0.248 e. The van der Waals surface area contributed by atoms with Gasteiger partial charge in [0.1, 0.15) is 5.76 Å². The van der Waals surface area contributed by atoms with Crippen molar-refractivity contribution in [2.45, 2.75) is 25.4 Å². The molecule has 3 heterocycles. The third-order valence-electron chi connectivity index (χ3n) is 4.78. The maximum absolute atomic E-state index is 12.4. The molecule has 1 aromatic carbocycles. The Hall–Kier alpha value is -2.86. The molecular weight excluding hydrogens is 318 g/mol. The molecule has 1 aliphatic rings. The summed E-state index contributed by atoms with van der Waals surface area (Å²) in [5, 5.41) is 0.476. The molecular formula is C19H19N3O3. The minimum Gasteiger partial charge on any atom is -0.468 e. The molecule has 4 rings (SSSR count). The van der Waals surface area contributed by atoms with Gasteiger partial charge in [0.05, 0.1) is 12.3 Å². The van der Waals surface area contributed by atoms with Crippen molar-refractivity contribution in [3.63, 3.8) is 0 Å². The van der Waals surface area contributed by atoms with Crippen LogP contribution in [0.4, 0.5) is 0 Å². The summed E-state index contributed by atoms with van der Waals surface area (Å²) in [4.78, 5) is 29.4. The number of hydrogen-bond acceptors (Lipinski definition) is 4. The number of H-pyrrole nitrogens is 1. The summed E-state index contributed by atoms with van der Waals surface area (Å²) in [6.07, 6.45) is 3.85. The van der Waals surface area contributed by atoms with Gasteiger partial charge in [-0.1, -0.05) is 0 Å². The first-order valence-electron chi connectivity index (χ1n) is 8.35. The van der Waals surface area contributed by atoms with Gasteiger partial charge >= 0.3 is 0 Å². The van der Waals surface area contributed by atoms with Gasteiger partial charge in [-0.25, -0.2) is 0 Å². The number of aromatic amines is 1. The van der Waals surface area contributed by atoms with Crippen LogP contribution in [0.1, 0.15) is 40.7 Å². The number of aromatic nitrogens is 1. The second kappa shape index (κ2) is 6.22. The van der Waals surface area contributed by atoms with E-state index < -0.39 is 5.91 Å². The molecule has 0 saturated carbocycles. The number of carbonyl (C=O) groups excluding carboxylic acids is 1. The molecule has 6 nitrogen and oxygen atoms in total. The van der Waals surface area contributed by atoms with E-state index in [-0.39, 0.29) is 11.5 Å². The fourth-order valence-electron chi connectivity index (χ4n) is 3.58. The number of nitrogens with two attached hydrogens (primary N) is 1. The molecule has 1 atom stereocenters. The van der Waals surface area contributed by atoms with E-state index in [1.807, 2.05) is 12.1 Å². The lowest BCUT2D eigenvalue weighted by Gasteiger charge is -2.22. The summed E-state index contributed by atoms with van der Waals surface area (Å²) in [6.45, 7) is 1.61. The normalized spacial score (nSPS) is 18.0. The Labute approximate surface area is 144 Å². The van der Waals surface area contributed by atoms with Crippen LogP contribution >= 0.6 is 0 Å². The van der Waals surface area contributed by atoms with Gasteiger partial charge in [-0.05, 0) is 49.7 Å². The molecule has 0 bridgehead atoms. The quantitative estimate of drug-likeness (QED) is 0.765. The number of nitrogens with one attached hydrogen (secondary N) is 1. The number of fused-ring (bicyclic) bond motifs is 1. The fraction of sp³-hybridized carbons (Fsp3) is 0.263. The maximum atomic E-state index is 12.4. The van der Waals surface area contributed by atoms with Gasteiger partial charge in [0, 0.05) is 34.8 Å². The number of likely N-dealkylation sites (tertiary alicyclic amines) is 1. The van der Waals surface area contributed by atoms with Crippen LogP contribution in [0, 0.1) is 0 Å². The first-order valence-corrected chi connectivity index (χ1v) is 8.35. The van der Waals surface area contributed by atoms with Crippen molar-refractivity contribution in [3.8, 4) is 0 Å². The Kier molecular flexibility index (Phi) is 3.89. The molecule has 3 N–H and O–H groups in total. The van der Waals surface area contributed by atoms with Crippen LogP contribution in [-0.4, -0.2) is 22.3 Å². The fourth-order valence-corrected chi connectivity index (χ4v) is 3.58. The summed E-state index contributed by atoms with van der Waals surface area (Å²) in [5.74, 6) is 0.426. The lowest BCUT2D eigenvalue weighted by atomic mass is 10.1. The summed E-state index contributed by atoms with van der Waals surface area (Å²) in [7, 11) is 0. The smallest absolute Gasteiger partial charge is 0.248 e. The predicted molar refractivity (Wildman–Crippen MR) is 94.2 cm³/mol. The van der Waals surface area contributed by atoms with Crippen molar-refractivity contribution in [1.29, 1.82) is 0 Å². The largest absolute Gasteiger partial charge is 0.468 e. The highest BCUT2D eigenvalue weighted by Gasteiger charge is 2.28. The van der Waals surface area contributed by atoms with Crippen LogP contribution in [0.25, 0.3) is 10.9 Å². The number of nitrogens with zero attached hydrogens (tertiary/aromatic N) is 1. The third-order valence-corrected chi connectivity index (χ3v) is 4.78. The number of furan rings is 1. The minimum absolute atomic E-state index is 0.111. The number of primary amides is 1. The van der Waals surface area contributed by atoms with Crippen molar-refractivity contribution in [2.24, 2.45) is 5.73 Å². The van der Waals surface area contributed by atoms with Gasteiger partial charge in [0.15, 0.2) is 5.43 Å². The Morgan fingerprint density at radius 2 is 2.20 bits per heavy atom. The summed E-state index contributed by atoms with van der Waals surface area (Å²) >= 11 is 0. The molecule has 0 spiro atoms. The number of hydrogen-bond donors (Lipinski definition) is 2. The topological polar surface area (TPSA) is 92.3 Å². The van der Waals surface area contributed by atoms with Gasteiger partial charge in [-0.15, -0.1) is 0 Å². The van der Waals surface area contributed by atoms with Crippen LogP contribution in [-0.2, 0) is 6.54 Å². The van der Waals surface area contributed by atoms with E-state index in [0.717, 1.165) is 30.8 Å². The Morgan fingerprint density at radius 3 is 2.96 bits per heavy atom. The zero-order chi connectivity index (χ0) is 17.4. The highest BCUT2D eigenvalue weighted by Crippen LogP contribution is 2.33. The van der Waals surface area contributed by atoms with E-state index in [4.69, 9.17) is 10.2 Å². The number of benzene rings is 1. The molecule has 0 aliphatic carbocycles. The molecule has 6 heteroatoms. The van der Waals surface area contributed by atoms with E-state index in [2.05, 4.69) is 9.88 Å². The summed E-state index contributed by atoms with van der Waals surface area (Å²) in [6, 6.07) is 10.6. The van der Waals surface area contributed by atoms with Crippen LogP contribution in [0.3, 0.4) is 0 Å². The average Bonchev–Trinajstić information content (AvgIpc) is 3.25. The number of amides is 1. The molecule has 1 fully saturated rings. The molecule has 128 valence electrons. The molecule has 0 unspecified atom stereocenters. The van der Waals surface area contributed by atoms with Crippen LogP contribution in [0.2, 0.25) is 0 Å². The molecule has 25 heavy (non-hydrogen) atoms. The highest BCUT2D eigenvalue weighted by atomic mass is 16.3. The standard InChI is InChI=1S/C19H19N3O3/c20-19(24)12-5-6-15-14(9-12)17(23)10-13(21-15)11-22-7-1-3-16(22)18-4-2-8-25-18/h2,4-6,8-10,16H,1,3,7,11H2,(H2,20,24)(H,21,23)/t16-/m0/s1. The van der Waals surface area contributed by atoms with Crippen molar-refractivity contribution in [1.82, 2.24) is 9.88 Å². The van der Waals surface area contributed by atoms with E-state index in [1.165, 1.54) is 0 Å². The second-order valence-electron chi connectivity index (χ2n) is 6.43. The second-order valence-corrected chi connectivity index (χ2v) is 6.43. The predicted octanol–water partition coefficient (Wildman–Crippen LogP) is 2.56. The Balaban J connectivity index is 1.65. The zero-order valence-electron chi connectivity index (χ0n) is 13.7. The van der Waals surface area contributed by atoms with Crippen molar-refractivity contribution >= 4 is 16.8 Å². The molecule has 1 saturated heterocycles. The molecule has 3 aromatic rings. The van der Waals surface area contributed by atoms with Crippen LogP contribution in [0.5, 0.6) is 0 Å². The number of carbonyl (C=O) groups is 1. The zero-order valence-corrected chi connectivity index (χ0v) is 13.7. The highest BCUT2D eigenvalue weighted by molar-refractivity contribution is 5.96. The van der Waals surface area contributed by atoms with Crippen molar-refractivity contribution < 1.29 is 9.21 Å². The van der Waals surface area contributed by atoms with Gasteiger partial charge in [-0.3, -0.25) is 14.5 Å². The van der Waals surface area contributed by atoms with Crippen LogP contribution < -0.4 is 11.2 Å². The lowest BCUT2D eigenvalue weighted by Crippen LogP contribution is -2.24. The first kappa shape index (κ1) is 15.7. The molecule has 1 aliphatic heterocycles. The number of rotatable bonds is 4. The van der Waals surface area contributed by atoms with E-state index >= 15 is 0 Å². The molecule has 0 radical (unpaired) electrons. The van der Waals surface area contributed by atoms with E-state index in [0.29, 0.717) is 23.0 Å².